The van der Waals surface area contributed by atoms with E-state index in [0.717, 1.165) is 26.1 Å². The lowest BCUT2D eigenvalue weighted by Gasteiger charge is -1.98. The Hall–Kier alpha value is -0.520. The largest absolute Gasteiger partial charge is 0.383 e. The molecule has 0 aliphatic heterocycles. The average molecular weight is 127 g/mol. The Bertz CT molecular complexity index is 85.4. The third kappa shape index (κ3) is 7.48. The molecule has 0 heterocycles. The molecule has 0 rings (SSSR count). The van der Waals surface area contributed by atoms with Gasteiger partial charge in [0.05, 0.1) is 6.61 Å². The molecule has 0 aromatic heterocycles. The molecule has 0 spiro atoms. The lowest BCUT2D eigenvalue weighted by molar-refractivity contribution is 0.200. The fourth-order valence-corrected chi connectivity index (χ4v) is 0.460. The maximum absolute atomic E-state index is 5.02. The van der Waals surface area contributed by atoms with Gasteiger partial charge in [-0.25, -0.2) is 0 Å². The monoisotopic (exact) mass is 127 g/mol. The molecule has 0 unspecified atom stereocenters. The van der Waals surface area contributed by atoms with Crippen LogP contribution < -0.4 is 5.32 Å². The third-order valence-electron chi connectivity index (χ3n) is 0.929. The molecule has 2 heteroatoms. The molecule has 0 aliphatic rings. The molecule has 0 aliphatic carbocycles. The smallest absolute Gasteiger partial charge is 0.0587 e. The number of nitrogens with one attached hydrogen (secondary N) is 1. The molecule has 0 amide bonds. The molecule has 0 radical (unpaired) electrons. The lowest BCUT2D eigenvalue weighted by atomic mass is 10.4. The van der Waals surface area contributed by atoms with Gasteiger partial charge < -0.3 is 10.1 Å². The predicted octanol–water partition coefficient (Wildman–Crippen LogP) is 0.246. The van der Waals surface area contributed by atoms with E-state index in [2.05, 4.69) is 11.2 Å². The van der Waals surface area contributed by atoms with Gasteiger partial charge in [-0.15, -0.1) is 12.3 Å². The van der Waals surface area contributed by atoms with E-state index in [1.165, 1.54) is 0 Å². The predicted molar refractivity (Wildman–Crippen MR) is 38.2 cm³/mol. The Morgan fingerprint density at radius 1 is 1.56 bits per heavy atom. The Morgan fingerprint density at radius 2 is 2.33 bits per heavy atom. The van der Waals surface area contributed by atoms with E-state index in [1.807, 2.05) is 0 Å². The zero-order valence-corrected chi connectivity index (χ0v) is 5.81. The second-order valence-corrected chi connectivity index (χ2v) is 1.70. The first-order valence-electron chi connectivity index (χ1n) is 3.05. The molecule has 0 aromatic rings. The van der Waals surface area contributed by atoms with Crippen molar-refractivity contribution in [3.63, 3.8) is 0 Å². The van der Waals surface area contributed by atoms with Crippen LogP contribution in [0.25, 0.3) is 0 Å². The van der Waals surface area contributed by atoms with Gasteiger partial charge in [-0.1, -0.05) is 0 Å². The average Bonchev–Trinajstić information content (AvgIpc) is 1.89. The summed E-state index contributed by atoms with van der Waals surface area (Å²) < 4.78 is 4.81. The second-order valence-electron chi connectivity index (χ2n) is 1.70. The number of hydrogen-bond acceptors (Lipinski definition) is 2. The Labute approximate surface area is 56.6 Å². The summed E-state index contributed by atoms with van der Waals surface area (Å²) in [5.74, 6) is 2.54. The number of hydrogen-bond donors (Lipinski definition) is 1. The quantitative estimate of drug-likeness (QED) is 0.422. The molecule has 52 valence electrons. The number of terminal acetylenes is 1. The highest BCUT2D eigenvalue weighted by Gasteiger charge is 1.81. The van der Waals surface area contributed by atoms with Crippen LogP contribution in [0.4, 0.5) is 0 Å². The van der Waals surface area contributed by atoms with Crippen LogP contribution >= 0.6 is 0 Å². The topological polar surface area (TPSA) is 21.3 Å². The van der Waals surface area contributed by atoms with Crippen LogP contribution in [0.3, 0.4) is 0 Å². The summed E-state index contributed by atoms with van der Waals surface area (Å²) in [6, 6.07) is 0. The van der Waals surface area contributed by atoms with Crippen LogP contribution in [0.15, 0.2) is 0 Å². The van der Waals surface area contributed by atoms with Crippen molar-refractivity contribution in [2.75, 3.05) is 26.8 Å². The van der Waals surface area contributed by atoms with Gasteiger partial charge in [0.15, 0.2) is 0 Å². The van der Waals surface area contributed by atoms with Crippen molar-refractivity contribution in [3.8, 4) is 12.3 Å². The first-order chi connectivity index (χ1) is 4.41. The zero-order chi connectivity index (χ0) is 6.95. The lowest BCUT2D eigenvalue weighted by Crippen LogP contribution is -2.19. The van der Waals surface area contributed by atoms with Gasteiger partial charge in [-0.05, 0) is 0 Å². The van der Waals surface area contributed by atoms with E-state index in [1.54, 1.807) is 7.11 Å². The molecule has 2 nitrogen and oxygen atoms in total. The van der Waals surface area contributed by atoms with E-state index >= 15 is 0 Å². The van der Waals surface area contributed by atoms with Gasteiger partial charge in [0, 0.05) is 26.6 Å². The number of rotatable bonds is 5. The van der Waals surface area contributed by atoms with Crippen LogP contribution in [0.2, 0.25) is 0 Å². The second kappa shape index (κ2) is 7.48. The summed E-state index contributed by atoms with van der Waals surface area (Å²) in [6.45, 7) is 2.53. The molecule has 0 saturated heterocycles. The van der Waals surface area contributed by atoms with Crippen LogP contribution in [0, 0.1) is 12.3 Å². The van der Waals surface area contributed by atoms with Gasteiger partial charge in [0.2, 0.25) is 0 Å². The number of ether oxygens (including phenoxy) is 1. The Morgan fingerprint density at radius 3 is 2.89 bits per heavy atom. The number of methoxy groups -OCH3 is 1. The minimum Gasteiger partial charge on any atom is -0.383 e. The van der Waals surface area contributed by atoms with E-state index < -0.39 is 0 Å². The van der Waals surface area contributed by atoms with E-state index in [4.69, 9.17) is 11.2 Å². The molecule has 0 bridgehead atoms. The van der Waals surface area contributed by atoms with Crippen molar-refractivity contribution in [2.24, 2.45) is 0 Å². The van der Waals surface area contributed by atoms with Crippen molar-refractivity contribution in [2.45, 2.75) is 6.42 Å². The van der Waals surface area contributed by atoms with E-state index in [9.17, 15) is 0 Å². The van der Waals surface area contributed by atoms with Crippen molar-refractivity contribution in [3.05, 3.63) is 0 Å². The molecule has 1 N–H and O–H groups in total. The molecular formula is C7H13NO. The zero-order valence-electron chi connectivity index (χ0n) is 5.81. The van der Waals surface area contributed by atoms with E-state index in [0.29, 0.717) is 0 Å². The van der Waals surface area contributed by atoms with Gasteiger partial charge in [0.25, 0.3) is 0 Å². The standard InChI is InChI=1S/C7H13NO/c1-3-4-5-8-6-7-9-2/h1,8H,4-7H2,2H3. The summed E-state index contributed by atoms with van der Waals surface area (Å²) >= 11 is 0. The highest BCUT2D eigenvalue weighted by atomic mass is 16.5. The summed E-state index contributed by atoms with van der Waals surface area (Å²) in [7, 11) is 1.68. The van der Waals surface area contributed by atoms with Gasteiger partial charge in [-0.3, -0.25) is 0 Å². The van der Waals surface area contributed by atoms with Crippen LogP contribution in [0.5, 0.6) is 0 Å². The Balaban J connectivity index is 2.69. The third-order valence-corrected chi connectivity index (χ3v) is 0.929. The fraction of sp³-hybridized carbons (Fsp3) is 0.714. The van der Waals surface area contributed by atoms with Crippen LogP contribution in [0.1, 0.15) is 6.42 Å². The van der Waals surface area contributed by atoms with Crippen molar-refractivity contribution in [1.82, 2.24) is 5.32 Å². The normalized spacial score (nSPS) is 8.89. The first-order valence-corrected chi connectivity index (χ1v) is 3.05. The molecule has 0 aromatic carbocycles. The summed E-state index contributed by atoms with van der Waals surface area (Å²) in [5, 5.41) is 3.12. The summed E-state index contributed by atoms with van der Waals surface area (Å²) in [6.07, 6.45) is 5.82. The molecule has 9 heavy (non-hydrogen) atoms. The maximum Gasteiger partial charge on any atom is 0.0587 e. The highest BCUT2D eigenvalue weighted by molar-refractivity contribution is 4.83. The van der Waals surface area contributed by atoms with Crippen molar-refractivity contribution in [1.29, 1.82) is 0 Å². The summed E-state index contributed by atoms with van der Waals surface area (Å²) in [4.78, 5) is 0. The van der Waals surface area contributed by atoms with Gasteiger partial charge in [0.1, 0.15) is 0 Å². The molecule has 0 saturated carbocycles. The maximum atomic E-state index is 5.02. The van der Waals surface area contributed by atoms with Gasteiger partial charge in [-0.2, -0.15) is 0 Å². The minimum atomic E-state index is 0.755. The first kappa shape index (κ1) is 8.48. The highest BCUT2D eigenvalue weighted by Crippen LogP contribution is 1.69. The molecule has 0 atom stereocenters. The summed E-state index contributed by atoms with van der Waals surface area (Å²) in [5.41, 5.74) is 0. The van der Waals surface area contributed by atoms with Gasteiger partial charge >= 0.3 is 0 Å². The SMILES string of the molecule is C#CCCNCCOC. The Kier molecular flexibility index (Phi) is 7.05. The van der Waals surface area contributed by atoms with E-state index in [-0.39, 0.29) is 0 Å². The molecule has 0 fully saturated rings. The van der Waals surface area contributed by atoms with Crippen LogP contribution in [-0.2, 0) is 4.74 Å². The van der Waals surface area contributed by atoms with Crippen LogP contribution in [-0.4, -0.2) is 26.8 Å². The molecular weight excluding hydrogens is 114 g/mol. The fourth-order valence-electron chi connectivity index (χ4n) is 0.460. The minimum absolute atomic E-state index is 0.755. The van der Waals surface area contributed by atoms with Crippen molar-refractivity contribution < 1.29 is 4.74 Å². The van der Waals surface area contributed by atoms with Crippen molar-refractivity contribution >= 4 is 0 Å².